The van der Waals surface area contributed by atoms with Crippen LogP contribution in [0, 0.1) is 0 Å². The van der Waals surface area contributed by atoms with E-state index in [2.05, 4.69) is 10.6 Å². The number of rotatable bonds is 3. The summed E-state index contributed by atoms with van der Waals surface area (Å²) in [6.07, 6.45) is 0. The maximum absolute atomic E-state index is 12.7. The molecular weight excluding hydrogens is 324 g/mol. The number of ketones is 1. The van der Waals surface area contributed by atoms with Crippen LogP contribution in [0.15, 0.2) is 53.4 Å². The SMILES string of the molecule is CC(=O)c1ccc(NC(=O)C2(C)Sc3ccccc3NC2=O)cc1. The summed E-state index contributed by atoms with van der Waals surface area (Å²) in [5.74, 6) is -0.808. The molecule has 0 spiro atoms. The topological polar surface area (TPSA) is 75.3 Å². The fourth-order valence-corrected chi connectivity index (χ4v) is 3.46. The molecule has 2 aromatic rings. The molecule has 3 rings (SSSR count). The highest BCUT2D eigenvalue weighted by molar-refractivity contribution is 8.02. The lowest BCUT2D eigenvalue weighted by molar-refractivity contribution is -0.126. The second kappa shape index (κ2) is 6.13. The van der Waals surface area contributed by atoms with Crippen LogP contribution in [0.5, 0.6) is 0 Å². The number of carbonyl (C=O) groups excluding carboxylic acids is 3. The van der Waals surface area contributed by atoms with Gasteiger partial charge in [0, 0.05) is 16.1 Å². The standard InChI is InChI=1S/C18H16N2O3S/c1-11(21)12-7-9-13(10-8-12)19-16(22)18(2)17(23)20-14-5-3-4-6-15(14)24-18/h3-10H,1-2H3,(H,19,22)(H,20,23). The van der Waals surface area contributed by atoms with Gasteiger partial charge in [0.05, 0.1) is 5.69 Å². The molecule has 0 aromatic heterocycles. The van der Waals surface area contributed by atoms with Crippen LogP contribution in [-0.4, -0.2) is 22.3 Å². The van der Waals surface area contributed by atoms with Crippen molar-refractivity contribution in [1.82, 2.24) is 0 Å². The molecule has 1 heterocycles. The number of anilines is 2. The molecule has 1 unspecified atom stereocenters. The molecule has 24 heavy (non-hydrogen) atoms. The predicted molar refractivity (Wildman–Crippen MR) is 94.4 cm³/mol. The van der Waals surface area contributed by atoms with Crippen LogP contribution in [0.2, 0.25) is 0 Å². The zero-order valence-electron chi connectivity index (χ0n) is 13.3. The normalized spacial score (nSPS) is 19.2. The van der Waals surface area contributed by atoms with Gasteiger partial charge in [-0.3, -0.25) is 14.4 Å². The van der Waals surface area contributed by atoms with Crippen molar-refractivity contribution >= 4 is 40.7 Å². The zero-order chi connectivity index (χ0) is 17.3. The number of Topliss-reactive ketones (excluding diaryl/α,β-unsaturated/α-hetero) is 1. The number of para-hydroxylation sites is 1. The molecule has 0 saturated carbocycles. The van der Waals surface area contributed by atoms with E-state index in [0.717, 1.165) is 4.90 Å². The number of thioether (sulfide) groups is 1. The summed E-state index contributed by atoms with van der Waals surface area (Å²) in [4.78, 5) is 37.2. The molecule has 0 bridgehead atoms. The molecule has 6 heteroatoms. The number of hydrogen-bond acceptors (Lipinski definition) is 4. The average molecular weight is 340 g/mol. The van der Waals surface area contributed by atoms with Gasteiger partial charge in [-0.25, -0.2) is 0 Å². The molecule has 0 aliphatic carbocycles. The second-order valence-corrected chi connectivity index (χ2v) is 7.13. The molecule has 122 valence electrons. The van der Waals surface area contributed by atoms with Crippen molar-refractivity contribution in [3.63, 3.8) is 0 Å². The van der Waals surface area contributed by atoms with Crippen LogP contribution >= 0.6 is 11.8 Å². The molecule has 1 atom stereocenters. The Morgan fingerprint density at radius 2 is 1.75 bits per heavy atom. The van der Waals surface area contributed by atoms with E-state index >= 15 is 0 Å². The molecule has 1 aliphatic heterocycles. The van der Waals surface area contributed by atoms with E-state index in [0.29, 0.717) is 16.9 Å². The lowest BCUT2D eigenvalue weighted by Gasteiger charge is -2.31. The van der Waals surface area contributed by atoms with Crippen LogP contribution < -0.4 is 10.6 Å². The Hall–Kier alpha value is -2.60. The van der Waals surface area contributed by atoms with E-state index in [-0.39, 0.29) is 11.7 Å². The van der Waals surface area contributed by atoms with E-state index in [9.17, 15) is 14.4 Å². The summed E-state index contributed by atoms with van der Waals surface area (Å²) < 4.78 is -1.27. The first-order valence-corrected chi connectivity index (χ1v) is 8.24. The first-order valence-electron chi connectivity index (χ1n) is 7.42. The van der Waals surface area contributed by atoms with Crippen molar-refractivity contribution < 1.29 is 14.4 Å². The van der Waals surface area contributed by atoms with Gasteiger partial charge in [-0.15, -0.1) is 0 Å². The minimum absolute atomic E-state index is 0.0429. The number of fused-ring (bicyclic) bond motifs is 1. The number of benzene rings is 2. The quantitative estimate of drug-likeness (QED) is 0.664. The van der Waals surface area contributed by atoms with Crippen LogP contribution in [-0.2, 0) is 9.59 Å². The van der Waals surface area contributed by atoms with Gasteiger partial charge in [0.15, 0.2) is 10.5 Å². The minimum atomic E-state index is -1.27. The largest absolute Gasteiger partial charge is 0.324 e. The van der Waals surface area contributed by atoms with Crippen LogP contribution in [0.4, 0.5) is 11.4 Å². The van der Waals surface area contributed by atoms with E-state index in [4.69, 9.17) is 0 Å². The summed E-state index contributed by atoms with van der Waals surface area (Å²) in [6.45, 7) is 3.08. The molecule has 2 amide bonds. The van der Waals surface area contributed by atoms with Gasteiger partial charge >= 0.3 is 0 Å². The second-order valence-electron chi connectivity index (χ2n) is 5.67. The Balaban J connectivity index is 1.81. The smallest absolute Gasteiger partial charge is 0.250 e. The highest BCUT2D eigenvalue weighted by Crippen LogP contribution is 2.42. The molecule has 2 N–H and O–H groups in total. The molecular formula is C18H16N2O3S. The molecule has 2 aromatic carbocycles. The summed E-state index contributed by atoms with van der Waals surface area (Å²) in [6, 6.07) is 14.0. The lowest BCUT2D eigenvalue weighted by atomic mass is 10.1. The van der Waals surface area contributed by atoms with E-state index in [1.165, 1.54) is 18.7 Å². The van der Waals surface area contributed by atoms with Crippen molar-refractivity contribution in [2.75, 3.05) is 10.6 Å². The summed E-state index contributed by atoms with van der Waals surface area (Å²) >= 11 is 1.22. The number of carbonyl (C=O) groups is 3. The summed E-state index contributed by atoms with van der Waals surface area (Å²) in [5, 5.41) is 5.52. The Morgan fingerprint density at radius 1 is 1.08 bits per heavy atom. The van der Waals surface area contributed by atoms with Crippen molar-refractivity contribution in [2.45, 2.75) is 23.5 Å². The maximum Gasteiger partial charge on any atom is 0.250 e. The monoisotopic (exact) mass is 340 g/mol. The minimum Gasteiger partial charge on any atom is -0.324 e. The number of amides is 2. The van der Waals surface area contributed by atoms with Gasteiger partial charge in [-0.2, -0.15) is 0 Å². The molecule has 0 fully saturated rings. The third-order valence-corrected chi connectivity index (χ3v) is 5.22. The highest BCUT2D eigenvalue weighted by atomic mass is 32.2. The van der Waals surface area contributed by atoms with Crippen molar-refractivity contribution in [2.24, 2.45) is 0 Å². The predicted octanol–water partition coefficient (Wildman–Crippen LogP) is 3.33. The van der Waals surface area contributed by atoms with Gasteiger partial charge in [0.25, 0.3) is 0 Å². The van der Waals surface area contributed by atoms with Crippen LogP contribution in [0.25, 0.3) is 0 Å². The van der Waals surface area contributed by atoms with Crippen LogP contribution in [0.1, 0.15) is 24.2 Å². The Morgan fingerprint density at radius 3 is 2.42 bits per heavy atom. The third kappa shape index (κ3) is 2.92. The highest BCUT2D eigenvalue weighted by Gasteiger charge is 2.45. The van der Waals surface area contributed by atoms with Gasteiger partial charge in [0.1, 0.15) is 0 Å². The fraction of sp³-hybridized carbons (Fsp3) is 0.167. The third-order valence-electron chi connectivity index (χ3n) is 3.87. The lowest BCUT2D eigenvalue weighted by Crippen LogP contribution is -2.49. The van der Waals surface area contributed by atoms with Crippen LogP contribution in [0.3, 0.4) is 0 Å². The van der Waals surface area contributed by atoms with Crippen molar-refractivity contribution in [1.29, 1.82) is 0 Å². The van der Waals surface area contributed by atoms with Gasteiger partial charge < -0.3 is 10.6 Å². The number of nitrogens with one attached hydrogen (secondary N) is 2. The average Bonchev–Trinajstić information content (AvgIpc) is 2.56. The molecule has 5 nitrogen and oxygen atoms in total. The van der Waals surface area contributed by atoms with Gasteiger partial charge in [-0.05, 0) is 50.2 Å². The first kappa shape index (κ1) is 16.3. The number of hydrogen-bond donors (Lipinski definition) is 2. The Labute approximate surface area is 143 Å². The summed E-state index contributed by atoms with van der Waals surface area (Å²) in [5.41, 5.74) is 1.82. The van der Waals surface area contributed by atoms with E-state index < -0.39 is 10.7 Å². The van der Waals surface area contributed by atoms with Crippen molar-refractivity contribution in [3.8, 4) is 0 Å². The van der Waals surface area contributed by atoms with Gasteiger partial charge in [-0.1, -0.05) is 23.9 Å². The van der Waals surface area contributed by atoms with Crippen molar-refractivity contribution in [3.05, 3.63) is 54.1 Å². The fourth-order valence-electron chi connectivity index (χ4n) is 2.35. The molecule has 1 aliphatic rings. The zero-order valence-corrected chi connectivity index (χ0v) is 14.1. The molecule has 0 radical (unpaired) electrons. The maximum atomic E-state index is 12.7. The Kier molecular flexibility index (Phi) is 4.15. The van der Waals surface area contributed by atoms with E-state index in [1.54, 1.807) is 37.3 Å². The molecule has 0 saturated heterocycles. The summed E-state index contributed by atoms with van der Waals surface area (Å²) in [7, 11) is 0. The van der Waals surface area contributed by atoms with E-state index in [1.807, 2.05) is 18.2 Å². The first-order chi connectivity index (χ1) is 11.4. The van der Waals surface area contributed by atoms with Gasteiger partial charge in [0.2, 0.25) is 11.8 Å². The Bertz CT molecular complexity index is 832.